The molecule has 0 spiro atoms. The van der Waals surface area contributed by atoms with Gasteiger partial charge in [-0.3, -0.25) is 0 Å². The third-order valence-electron chi connectivity index (χ3n) is 2.78. The number of hydrogen-bond acceptors (Lipinski definition) is 3. The van der Waals surface area contributed by atoms with E-state index < -0.39 is 0 Å². The highest BCUT2D eigenvalue weighted by molar-refractivity contribution is 6.35. The van der Waals surface area contributed by atoms with Crippen molar-refractivity contribution in [3.63, 3.8) is 0 Å². The Balaban J connectivity index is 2.37. The van der Waals surface area contributed by atoms with Gasteiger partial charge in [0.1, 0.15) is 10.8 Å². The summed E-state index contributed by atoms with van der Waals surface area (Å²) in [7, 11) is 0. The summed E-state index contributed by atoms with van der Waals surface area (Å²) in [6.45, 7) is 0. The molecule has 0 amide bonds. The lowest BCUT2D eigenvalue weighted by atomic mass is 10.0. The number of rotatable bonds is 1. The second-order valence-electron chi connectivity index (χ2n) is 3.85. The largest absolute Gasteiger partial charge is 0.380 e. The Morgan fingerprint density at radius 2 is 1.83 bits per heavy atom. The number of fused-ring (bicyclic) bond motifs is 1. The molecule has 0 saturated carbocycles. The van der Waals surface area contributed by atoms with E-state index in [-0.39, 0.29) is 16.7 Å². The van der Waals surface area contributed by atoms with E-state index in [9.17, 15) is 4.39 Å². The first-order chi connectivity index (χ1) is 8.68. The fourth-order valence-corrected chi connectivity index (χ4v) is 2.09. The van der Waals surface area contributed by atoms with Gasteiger partial charge in [-0.1, -0.05) is 41.0 Å². The molecule has 0 radical (unpaired) electrons. The fraction of sp³-hybridized carbons (Fsp3) is 0. The molecule has 1 heterocycles. The third-order valence-corrected chi connectivity index (χ3v) is 3.14. The van der Waals surface area contributed by atoms with Gasteiger partial charge in [-0.25, -0.2) is 4.39 Å². The smallest absolute Gasteiger partial charge is 0.188 e. The van der Waals surface area contributed by atoms with Gasteiger partial charge in [0.2, 0.25) is 0 Å². The predicted molar refractivity (Wildman–Crippen MR) is 68.8 cm³/mol. The van der Waals surface area contributed by atoms with Crippen molar-refractivity contribution in [3.8, 4) is 11.3 Å². The number of nitrogens with two attached hydrogens (primary N) is 1. The van der Waals surface area contributed by atoms with Gasteiger partial charge in [0.25, 0.3) is 0 Å². The summed E-state index contributed by atoms with van der Waals surface area (Å²) in [4.78, 5) is 0. The van der Waals surface area contributed by atoms with Crippen LogP contribution < -0.4 is 5.73 Å². The number of benzene rings is 2. The molecule has 3 nitrogen and oxygen atoms in total. The van der Waals surface area contributed by atoms with Crippen LogP contribution >= 0.6 is 11.6 Å². The number of hydrogen-bond donors (Lipinski definition) is 1. The zero-order valence-electron chi connectivity index (χ0n) is 9.15. The molecule has 1 aromatic heterocycles. The van der Waals surface area contributed by atoms with E-state index in [4.69, 9.17) is 21.9 Å². The van der Waals surface area contributed by atoms with Crippen LogP contribution in [0.15, 0.2) is 40.9 Å². The van der Waals surface area contributed by atoms with Crippen molar-refractivity contribution in [3.05, 3.63) is 47.2 Å². The number of halogens is 2. The molecule has 0 bridgehead atoms. The summed E-state index contributed by atoms with van der Waals surface area (Å²) in [5, 5.41) is 5.05. The average Bonchev–Trinajstić information content (AvgIpc) is 2.71. The van der Waals surface area contributed by atoms with Crippen molar-refractivity contribution in [2.75, 3.05) is 5.73 Å². The van der Waals surface area contributed by atoms with E-state index in [0.29, 0.717) is 22.1 Å². The standard InChI is InChI=1S/C13H8ClFN2O/c14-11-12(18-17-13(11)16)9-5-6-10(15)8-4-2-1-3-7(8)9/h1-6H,(H2,16,17). The van der Waals surface area contributed by atoms with Gasteiger partial charge in [0, 0.05) is 10.9 Å². The summed E-state index contributed by atoms with van der Waals surface area (Å²) < 4.78 is 18.8. The number of nitrogens with zero attached hydrogens (tertiary/aromatic N) is 1. The van der Waals surface area contributed by atoms with Crippen LogP contribution in [0.25, 0.3) is 22.1 Å². The Bertz CT molecular complexity index is 739. The molecule has 2 aromatic carbocycles. The molecule has 0 atom stereocenters. The van der Waals surface area contributed by atoms with Crippen molar-refractivity contribution in [1.82, 2.24) is 5.16 Å². The number of nitrogen functional groups attached to an aromatic ring is 1. The first-order valence-corrected chi connectivity index (χ1v) is 5.64. The summed E-state index contributed by atoms with van der Waals surface area (Å²) >= 11 is 6.01. The van der Waals surface area contributed by atoms with Gasteiger partial charge >= 0.3 is 0 Å². The minimum atomic E-state index is -0.294. The van der Waals surface area contributed by atoms with Crippen LogP contribution in [0.5, 0.6) is 0 Å². The Labute approximate surface area is 107 Å². The van der Waals surface area contributed by atoms with Crippen molar-refractivity contribution >= 4 is 28.2 Å². The fourth-order valence-electron chi connectivity index (χ4n) is 1.92. The van der Waals surface area contributed by atoms with Crippen LogP contribution in [0.1, 0.15) is 0 Å². The van der Waals surface area contributed by atoms with Crippen LogP contribution in [0.3, 0.4) is 0 Å². The van der Waals surface area contributed by atoms with E-state index in [2.05, 4.69) is 5.16 Å². The van der Waals surface area contributed by atoms with E-state index in [1.807, 2.05) is 6.07 Å². The summed E-state index contributed by atoms with van der Waals surface area (Å²) in [6.07, 6.45) is 0. The number of aromatic nitrogens is 1. The third kappa shape index (κ3) is 1.54. The second-order valence-corrected chi connectivity index (χ2v) is 4.23. The predicted octanol–water partition coefficient (Wildman–Crippen LogP) is 3.87. The lowest BCUT2D eigenvalue weighted by molar-refractivity contribution is 0.436. The van der Waals surface area contributed by atoms with Crippen LogP contribution in [-0.4, -0.2) is 5.16 Å². The quantitative estimate of drug-likeness (QED) is 0.724. The summed E-state index contributed by atoms with van der Waals surface area (Å²) in [6, 6.07) is 10.0. The molecule has 3 rings (SSSR count). The zero-order valence-corrected chi connectivity index (χ0v) is 9.91. The molecular formula is C13H8ClFN2O. The first kappa shape index (κ1) is 11.0. The van der Waals surface area contributed by atoms with Crippen LogP contribution in [-0.2, 0) is 0 Å². The maximum absolute atomic E-state index is 13.7. The van der Waals surface area contributed by atoms with E-state index >= 15 is 0 Å². The highest BCUT2D eigenvalue weighted by atomic mass is 35.5. The Kier molecular flexibility index (Phi) is 2.45. The minimum absolute atomic E-state index is 0.125. The van der Waals surface area contributed by atoms with Crippen molar-refractivity contribution in [2.45, 2.75) is 0 Å². The average molecular weight is 263 g/mol. The topological polar surface area (TPSA) is 52.0 Å². The normalized spacial score (nSPS) is 11.0. The molecule has 0 aliphatic carbocycles. The first-order valence-electron chi connectivity index (χ1n) is 5.26. The van der Waals surface area contributed by atoms with Gasteiger partial charge < -0.3 is 10.3 Å². The Morgan fingerprint density at radius 3 is 2.50 bits per heavy atom. The maximum Gasteiger partial charge on any atom is 0.188 e. The maximum atomic E-state index is 13.7. The molecule has 0 aliphatic heterocycles. The van der Waals surface area contributed by atoms with E-state index in [0.717, 1.165) is 0 Å². The van der Waals surface area contributed by atoms with Gasteiger partial charge in [0.15, 0.2) is 11.6 Å². The SMILES string of the molecule is Nc1noc(-c2ccc(F)c3ccccc23)c1Cl. The summed E-state index contributed by atoms with van der Waals surface area (Å²) in [5.41, 5.74) is 6.21. The van der Waals surface area contributed by atoms with Gasteiger partial charge in [0.05, 0.1) is 0 Å². The molecule has 0 fully saturated rings. The lowest BCUT2D eigenvalue weighted by Gasteiger charge is -2.04. The highest BCUT2D eigenvalue weighted by Gasteiger charge is 2.16. The highest BCUT2D eigenvalue weighted by Crippen LogP contribution is 2.36. The van der Waals surface area contributed by atoms with E-state index in [1.54, 1.807) is 24.3 Å². The lowest BCUT2D eigenvalue weighted by Crippen LogP contribution is -1.85. The molecule has 0 unspecified atom stereocenters. The van der Waals surface area contributed by atoms with Crippen molar-refractivity contribution in [1.29, 1.82) is 0 Å². The molecular weight excluding hydrogens is 255 g/mol. The minimum Gasteiger partial charge on any atom is -0.380 e. The van der Waals surface area contributed by atoms with Crippen LogP contribution in [0.4, 0.5) is 10.2 Å². The second kappa shape index (κ2) is 3.99. The van der Waals surface area contributed by atoms with Gasteiger partial charge in [-0.2, -0.15) is 0 Å². The Hall–Kier alpha value is -2.07. The summed E-state index contributed by atoms with van der Waals surface area (Å²) in [5.74, 6) is 0.184. The molecule has 0 aliphatic rings. The van der Waals surface area contributed by atoms with Gasteiger partial charge in [-0.05, 0) is 17.5 Å². The monoisotopic (exact) mass is 262 g/mol. The zero-order chi connectivity index (χ0) is 12.7. The van der Waals surface area contributed by atoms with Crippen LogP contribution in [0.2, 0.25) is 5.02 Å². The number of anilines is 1. The molecule has 18 heavy (non-hydrogen) atoms. The van der Waals surface area contributed by atoms with E-state index in [1.165, 1.54) is 6.07 Å². The molecule has 90 valence electrons. The van der Waals surface area contributed by atoms with Gasteiger partial charge in [-0.15, -0.1) is 0 Å². The Morgan fingerprint density at radius 1 is 1.11 bits per heavy atom. The van der Waals surface area contributed by atoms with Crippen molar-refractivity contribution in [2.24, 2.45) is 0 Å². The molecule has 3 aromatic rings. The molecule has 0 saturated heterocycles. The van der Waals surface area contributed by atoms with Crippen LogP contribution in [0, 0.1) is 5.82 Å². The van der Waals surface area contributed by atoms with Crippen molar-refractivity contribution < 1.29 is 8.91 Å². The molecule has 2 N–H and O–H groups in total. The molecule has 5 heteroatoms.